The number of hydrogen-bond donors (Lipinski definition) is 1. The highest BCUT2D eigenvalue weighted by atomic mass is 32.1. The summed E-state index contributed by atoms with van der Waals surface area (Å²) in [7, 11) is 0. The lowest BCUT2D eigenvalue weighted by Crippen LogP contribution is -2.22. The van der Waals surface area contributed by atoms with Crippen LogP contribution in [-0.4, -0.2) is 5.91 Å². The Bertz CT molecular complexity index is 935. The van der Waals surface area contributed by atoms with Gasteiger partial charge in [-0.3, -0.25) is 4.79 Å². The Balaban J connectivity index is 1.74. The van der Waals surface area contributed by atoms with Crippen molar-refractivity contribution in [3.63, 3.8) is 0 Å². The highest BCUT2D eigenvalue weighted by molar-refractivity contribution is 7.11. The number of benzene rings is 2. The first-order chi connectivity index (χ1) is 12.5. The van der Waals surface area contributed by atoms with Crippen LogP contribution in [-0.2, 0) is 4.79 Å². The zero-order valence-corrected chi connectivity index (χ0v) is 16.2. The first-order valence-corrected chi connectivity index (χ1v) is 9.99. The van der Waals surface area contributed by atoms with Crippen LogP contribution in [0.2, 0.25) is 0 Å². The molecule has 1 aliphatic rings. The van der Waals surface area contributed by atoms with Crippen molar-refractivity contribution in [1.29, 1.82) is 0 Å². The molecule has 0 spiro atoms. The van der Waals surface area contributed by atoms with E-state index in [0.717, 1.165) is 16.8 Å². The molecule has 1 N–H and O–H groups in total. The van der Waals surface area contributed by atoms with Crippen molar-refractivity contribution in [2.24, 2.45) is 0 Å². The summed E-state index contributed by atoms with van der Waals surface area (Å²) in [5, 5.41) is 5.30. The minimum Gasteiger partial charge on any atom is -0.325 e. The molecule has 0 aliphatic carbocycles. The van der Waals surface area contributed by atoms with Crippen LogP contribution in [0.4, 0.5) is 5.69 Å². The highest BCUT2D eigenvalue weighted by Gasteiger charge is 2.30. The minimum absolute atomic E-state index is 0.0993. The molecule has 0 fully saturated rings. The Kier molecular flexibility index (Phi) is 4.41. The predicted octanol–water partition coefficient (Wildman–Crippen LogP) is 6.32. The number of thiophene rings is 1. The number of fused-ring (bicyclic) bond motifs is 1. The molecule has 0 saturated heterocycles. The maximum Gasteiger partial charge on any atom is 0.225 e. The Morgan fingerprint density at radius 1 is 1.04 bits per heavy atom. The van der Waals surface area contributed by atoms with E-state index in [9.17, 15) is 4.79 Å². The van der Waals surface area contributed by atoms with Gasteiger partial charge in [-0.1, -0.05) is 67.9 Å². The smallest absolute Gasteiger partial charge is 0.225 e. The Morgan fingerprint density at radius 2 is 1.73 bits per heavy atom. The van der Waals surface area contributed by atoms with Crippen LogP contribution in [0.25, 0.3) is 11.1 Å². The molecule has 1 aromatic heterocycles. The fraction of sp³-hybridized carbons (Fsp3) is 0.261. The van der Waals surface area contributed by atoms with E-state index in [1.54, 1.807) is 11.3 Å². The van der Waals surface area contributed by atoms with Gasteiger partial charge >= 0.3 is 0 Å². The van der Waals surface area contributed by atoms with Crippen molar-refractivity contribution in [3.8, 4) is 11.1 Å². The van der Waals surface area contributed by atoms with E-state index in [-0.39, 0.29) is 11.8 Å². The molecule has 2 aromatic carbocycles. The van der Waals surface area contributed by atoms with Gasteiger partial charge in [0.1, 0.15) is 0 Å². The maximum absolute atomic E-state index is 12.4. The third kappa shape index (κ3) is 3.08. The molecule has 3 heteroatoms. The van der Waals surface area contributed by atoms with Crippen LogP contribution >= 0.6 is 11.3 Å². The van der Waals surface area contributed by atoms with Gasteiger partial charge in [0.15, 0.2) is 0 Å². The average Bonchev–Trinajstić information content (AvgIpc) is 3.05. The fourth-order valence-corrected chi connectivity index (χ4v) is 4.72. The molecule has 4 rings (SSSR count). The Hall–Kier alpha value is -2.39. The molecule has 2 nitrogen and oxygen atoms in total. The topological polar surface area (TPSA) is 29.1 Å². The summed E-state index contributed by atoms with van der Waals surface area (Å²) >= 11 is 1.75. The molecule has 3 aromatic rings. The first kappa shape index (κ1) is 17.0. The van der Waals surface area contributed by atoms with Gasteiger partial charge in [0.2, 0.25) is 5.91 Å². The summed E-state index contributed by atoms with van der Waals surface area (Å²) in [6.45, 7) is 6.49. The first-order valence-electron chi connectivity index (χ1n) is 9.11. The SMILES string of the molecule is Cc1ccc(-c2csc3c2NC(=O)C[C@H]3c2ccc(C(C)C)cc2)cc1. The molecular formula is C23H23NOS. The molecule has 132 valence electrons. The largest absolute Gasteiger partial charge is 0.325 e. The number of aryl methyl sites for hydroxylation is 1. The Labute approximate surface area is 158 Å². The third-order valence-electron chi connectivity index (χ3n) is 5.16. The normalized spacial score (nSPS) is 16.5. The number of carbonyl (C=O) groups excluding carboxylic acids is 1. The van der Waals surface area contributed by atoms with Crippen molar-refractivity contribution in [2.45, 2.75) is 39.0 Å². The van der Waals surface area contributed by atoms with Gasteiger partial charge in [-0.15, -0.1) is 11.3 Å². The van der Waals surface area contributed by atoms with Crippen LogP contribution in [0.5, 0.6) is 0 Å². The van der Waals surface area contributed by atoms with Crippen LogP contribution in [0.3, 0.4) is 0 Å². The molecule has 1 atom stereocenters. The molecule has 26 heavy (non-hydrogen) atoms. The van der Waals surface area contributed by atoms with E-state index in [2.05, 4.69) is 80.0 Å². The van der Waals surface area contributed by atoms with Crippen LogP contribution in [0.15, 0.2) is 53.9 Å². The van der Waals surface area contributed by atoms with E-state index in [4.69, 9.17) is 0 Å². The van der Waals surface area contributed by atoms with Gasteiger partial charge in [0.25, 0.3) is 0 Å². The molecule has 1 aliphatic heterocycles. The molecule has 0 saturated carbocycles. The molecule has 1 amide bonds. The van der Waals surface area contributed by atoms with Gasteiger partial charge in [0.05, 0.1) is 5.69 Å². The molecule has 0 bridgehead atoms. The summed E-state index contributed by atoms with van der Waals surface area (Å²) < 4.78 is 0. The lowest BCUT2D eigenvalue weighted by atomic mass is 9.88. The summed E-state index contributed by atoms with van der Waals surface area (Å²) in [6, 6.07) is 17.3. The third-order valence-corrected chi connectivity index (χ3v) is 6.25. The predicted molar refractivity (Wildman–Crippen MR) is 110 cm³/mol. The number of nitrogens with one attached hydrogen (secondary N) is 1. The second-order valence-electron chi connectivity index (χ2n) is 7.38. The number of carbonyl (C=O) groups is 1. The number of amides is 1. The van der Waals surface area contributed by atoms with E-state index >= 15 is 0 Å². The van der Waals surface area contributed by atoms with Crippen molar-refractivity contribution < 1.29 is 4.79 Å². The number of rotatable bonds is 3. The second-order valence-corrected chi connectivity index (χ2v) is 8.29. The Morgan fingerprint density at radius 3 is 2.38 bits per heavy atom. The molecule has 0 unspecified atom stereocenters. The van der Waals surface area contributed by atoms with E-state index in [0.29, 0.717) is 12.3 Å². The van der Waals surface area contributed by atoms with Crippen LogP contribution in [0, 0.1) is 6.92 Å². The lowest BCUT2D eigenvalue weighted by Gasteiger charge is -2.24. The fourth-order valence-electron chi connectivity index (χ4n) is 3.55. The van der Waals surface area contributed by atoms with Crippen LogP contribution < -0.4 is 5.32 Å². The number of anilines is 1. The lowest BCUT2D eigenvalue weighted by molar-refractivity contribution is -0.116. The van der Waals surface area contributed by atoms with Crippen molar-refractivity contribution in [2.75, 3.05) is 5.32 Å². The molecule has 0 radical (unpaired) electrons. The zero-order valence-electron chi connectivity index (χ0n) is 15.4. The summed E-state index contributed by atoms with van der Waals surface area (Å²) in [5.74, 6) is 0.760. The maximum atomic E-state index is 12.4. The quantitative estimate of drug-likeness (QED) is 0.581. The molecule has 2 heterocycles. The number of hydrogen-bond acceptors (Lipinski definition) is 2. The monoisotopic (exact) mass is 361 g/mol. The van der Waals surface area contributed by atoms with Gasteiger partial charge in [-0.2, -0.15) is 0 Å². The highest BCUT2D eigenvalue weighted by Crippen LogP contribution is 2.46. The van der Waals surface area contributed by atoms with Crippen molar-refractivity contribution in [1.82, 2.24) is 0 Å². The van der Waals surface area contributed by atoms with Crippen molar-refractivity contribution >= 4 is 22.9 Å². The summed E-state index contributed by atoms with van der Waals surface area (Å²) in [5.41, 5.74) is 7.08. The summed E-state index contributed by atoms with van der Waals surface area (Å²) in [4.78, 5) is 13.7. The van der Waals surface area contributed by atoms with E-state index < -0.39 is 0 Å². The summed E-state index contributed by atoms with van der Waals surface area (Å²) in [6.07, 6.45) is 0.516. The van der Waals surface area contributed by atoms with Gasteiger partial charge in [-0.05, 0) is 29.5 Å². The minimum atomic E-state index is 0.0993. The molecular weight excluding hydrogens is 338 g/mol. The standard InChI is InChI=1S/C23H23NOS/c1-14(2)16-8-10-17(11-9-16)19-12-21(25)24-22-20(13-26-23(19)22)18-6-4-15(3)5-7-18/h4-11,13-14,19H,12H2,1-3H3,(H,24,25)/t19-/m0/s1. The van der Waals surface area contributed by atoms with Gasteiger partial charge in [-0.25, -0.2) is 0 Å². The van der Waals surface area contributed by atoms with Crippen LogP contribution in [0.1, 0.15) is 53.7 Å². The average molecular weight is 362 g/mol. The van der Waals surface area contributed by atoms with E-state index in [1.807, 2.05) is 0 Å². The van der Waals surface area contributed by atoms with E-state index in [1.165, 1.54) is 21.6 Å². The van der Waals surface area contributed by atoms with Gasteiger partial charge in [0, 0.05) is 28.2 Å². The van der Waals surface area contributed by atoms with Gasteiger partial charge < -0.3 is 5.32 Å². The second kappa shape index (κ2) is 6.73. The zero-order chi connectivity index (χ0) is 18.3. The van der Waals surface area contributed by atoms with Crippen molar-refractivity contribution in [3.05, 3.63) is 75.5 Å².